The molecule has 7 heteroatoms. The summed E-state index contributed by atoms with van der Waals surface area (Å²) in [5.41, 5.74) is 3.35. The zero-order valence-corrected chi connectivity index (χ0v) is 19.4. The molecule has 0 bridgehead atoms. The van der Waals surface area contributed by atoms with Crippen LogP contribution in [0.15, 0.2) is 72.8 Å². The molecular weight excluding hydrogens is 430 g/mol. The number of carbonyl (C=O) groups is 3. The van der Waals surface area contributed by atoms with Gasteiger partial charge in [0, 0.05) is 29.9 Å². The van der Waals surface area contributed by atoms with Crippen LogP contribution in [0.25, 0.3) is 0 Å². The van der Waals surface area contributed by atoms with Crippen molar-refractivity contribution in [2.24, 2.45) is 0 Å². The zero-order valence-electron chi connectivity index (χ0n) is 19.4. The Morgan fingerprint density at radius 3 is 2.06 bits per heavy atom. The standard InChI is InChI=1S/C27H29N3O4/c1-3-30(4-2)18-23-10-6-5-9-22(23)17-28-25(31)20-12-8-14-24(16-20)29-26(32)19-11-7-13-21(15-19)27(33)34/h5-16H,3-4,17-18H2,1-2H3,(H,28,31)(H,29,32)(H,33,34). The van der Waals surface area contributed by atoms with Crippen LogP contribution in [-0.4, -0.2) is 40.9 Å². The minimum absolute atomic E-state index is 0.0297. The lowest BCUT2D eigenvalue weighted by atomic mass is 10.1. The molecule has 0 aliphatic rings. The summed E-state index contributed by atoms with van der Waals surface area (Å²) < 4.78 is 0. The van der Waals surface area contributed by atoms with E-state index in [4.69, 9.17) is 5.11 Å². The molecule has 176 valence electrons. The van der Waals surface area contributed by atoms with Crippen molar-refractivity contribution in [3.05, 3.63) is 101 Å². The molecule has 0 saturated heterocycles. The van der Waals surface area contributed by atoms with Crippen LogP contribution in [0.2, 0.25) is 0 Å². The molecule has 3 rings (SSSR count). The van der Waals surface area contributed by atoms with Crippen LogP contribution in [0.3, 0.4) is 0 Å². The third kappa shape index (κ3) is 6.52. The Bertz CT molecular complexity index is 1170. The van der Waals surface area contributed by atoms with Gasteiger partial charge in [0.15, 0.2) is 0 Å². The number of hydrogen-bond acceptors (Lipinski definition) is 4. The predicted octanol–water partition coefficient (Wildman–Crippen LogP) is 4.41. The maximum atomic E-state index is 12.8. The minimum atomic E-state index is -1.10. The Morgan fingerprint density at radius 2 is 1.38 bits per heavy atom. The average Bonchev–Trinajstić information content (AvgIpc) is 2.86. The fourth-order valence-corrected chi connectivity index (χ4v) is 3.58. The number of nitrogens with one attached hydrogen (secondary N) is 2. The molecule has 0 unspecified atom stereocenters. The summed E-state index contributed by atoms with van der Waals surface area (Å²) >= 11 is 0. The molecule has 7 nitrogen and oxygen atoms in total. The molecule has 0 saturated carbocycles. The zero-order chi connectivity index (χ0) is 24.5. The van der Waals surface area contributed by atoms with E-state index in [0.717, 1.165) is 25.2 Å². The Morgan fingerprint density at radius 1 is 0.765 bits per heavy atom. The van der Waals surface area contributed by atoms with Crippen LogP contribution in [0.5, 0.6) is 0 Å². The molecule has 0 radical (unpaired) electrons. The summed E-state index contributed by atoms with van der Waals surface area (Å²) in [6, 6.07) is 20.5. The second kappa shape index (κ2) is 11.8. The van der Waals surface area contributed by atoms with Gasteiger partial charge >= 0.3 is 5.97 Å². The molecule has 3 aromatic carbocycles. The van der Waals surface area contributed by atoms with Crippen LogP contribution < -0.4 is 10.6 Å². The molecule has 0 aliphatic carbocycles. The number of anilines is 1. The number of rotatable bonds is 10. The highest BCUT2D eigenvalue weighted by Crippen LogP contribution is 2.15. The SMILES string of the molecule is CCN(CC)Cc1ccccc1CNC(=O)c1cccc(NC(=O)c2cccc(C(=O)O)c2)c1. The fourth-order valence-electron chi connectivity index (χ4n) is 3.58. The van der Waals surface area contributed by atoms with E-state index in [9.17, 15) is 14.4 Å². The third-order valence-corrected chi connectivity index (χ3v) is 5.60. The van der Waals surface area contributed by atoms with E-state index in [1.165, 1.54) is 29.8 Å². The summed E-state index contributed by atoms with van der Waals surface area (Å²) in [7, 11) is 0. The third-order valence-electron chi connectivity index (χ3n) is 5.60. The molecule has 0 aliphatic heterocycles. The first-order valence-corrected chi connectivity index (χ1v) is 11.2. The minimum Gasteiger partial charge on any atom is -0.478 e. The average molecular weight is 460 g/mol. The van der Waals surface area contributed by atoms with Gasteiger partial charge < -0.3 is 15.7 Å². The van der Waals surface area contributed by atoms with Crippen molar-refractivity contribution in [2.75, 3.05) is 18.4 Å². The largest absolute Gasteiger partial charge is 0.478 e. The highest BCUT2D eigenvalue weighted by molar-refractivity contribution is 6.06. The summed E-state index contributed by atoms with van der Waals surface area (Å²) in [4.78, 5) is 38.8. The Kier molecular flexibility index (Phi) is 8.54. The highest BCUT2D eigenvalue weighted by atomic mass is 16.4. The molecule has 3 N–H and O–H groups in total. The lowest BCUT2D eigenvalue weighted by Crippen LogP contribution is -2.26. The van der Waals surface area contributed by atoms with E-state index in [2.05, 4.69) is 35.4 Å². The molecule has 0 spiro atoms. The van der Waals surface area contributed by atoms with Gasteiger partial charge in [0.2, 0.25) is 0 Å². The number of benzene rings is 3. The van der Waals surface area contributed by atoms with Gasteiger partial charge in [-0.1, -0.05) is 50.2 Å². The number of carboxylic acids is 1. The van der Waals surface area contributed by atoms with Crippen LogP contribution >= 0.6 is 0 Å². The van der Waals surface area contributed by atoms with Gasteiger partial charge in [0.05, 0.1) is 5.56 Å². The second-order valence-corrected chi connectivity index (χ2v) is 7.83. The van der Waals surface area contributed by atoms with Gasteiger partial charge in [-0.15, -0.1) is 0 Å². The number of aromatic carboxylic acids is 1. The smallest absolute Gasteiger partial charge is 0.335 e. The van der Waals surface area contributed by atoms with Crippen molar-refractivity contribution in [2.45, 2.75) is 26.9 Å². The van der Waals surface area contributed by atoms with Crippen molar-refractivity contribution in [1.29, 1.82) is 0 Å². The first kappa shape index (κ1) is 24.7. The summed E-state index contributed by atoms with van der Waals surface area (Å²) in [5, 5.41) is 14.8. The van der Waals surface area contributed by atoms with E-state index in [0.29, 0.717) is 17.8 Å². The van der Waals surface area contributed by atoms with E-state index >= 15 is 0 Å². The number of amides is 2. The molecular formula is C27H29N3O4. The van der Waals surface area contributed by atoms with Gasteiger partial charge in [0.25, 0.3) is 11.8 Å². The van der Waals surface area contributed by atoms with Crippen molar-refractivity contribution in [3.8, 4) is 0 Å². The van der Waals surface area contributed by atoms with Crippen LogP contribution in [0.1, 0.15) is 56.0 Å². The van der Waals surface area contributed by atoms with E-state index in [-0.39, 0.29) is 17.0 Å². The monoisotopic (exact) mass is 459 g/mol. The molecule has 0 aromatic heterocycles. The van der Waals surface area contributed by atoms with E-state index in [1.807, 2.05) is 18.2 Å². The van der Waals surface area contributed by atoms with Crippen molar-refractivity contribution >= 4 is 23.5 Å². The second-order valence-electron chi connectivity index (χ2n) is 7.83. The fraction of sp³-hybridized carbons (Fsp3) is 0.222. The van der Waals surface area contributed by atoms with Crippen LogP contribution in [0, 0.1) is 0 Å². The van der Waals surface area contributed by atoms with Crippen molar-refractivity contribution in [1.82, 2.24) is 10.2 Å². The first-order valence-electron chi connectivity index (χ1n) is 11.2. The molecule has 3 aromatic rings. The molecule has 34 heavy (non-hydrogen) atoms. The molecule has 0 heterocycles. The highest BCUT2D eigenvalue weighted by Gasteiger charge is 2.12. The number of carboxylic acid groups (broad SMARTS) is 1. The first-order chi connectivity index (χ1) is 16.4. The van der Waals surface area contributed by atoms with Gasteiger partial charge in [0.1, 0.15) is 0 Å². The van der Waals surface area contributed by atoms with Gasteiger partial charge in [-0.3, -0.25) is 14.5 Å². The molecule has 0 fully saturated rings. The van der Waals surface area contributed by atoms with Gasteiger partial charge in [-0.05, 0) is 60.6 Å². The molecule has 0 atom stereocenters. The summed E-state index contributed by atoms with van der Waals surface area (Å²) in [6.45, 7) is 7.39. The maximum absolute atomic E-state index is 12.8. The Balaban J connectivity index is 1.66. The number of carbonyl (C=O) groups excluding carboxylic acids is 2. The quantitative estimate of drug-likeness (QED) is 0.417. The van der Waals surface area contributed by atoms with Gasteiger partial charge in [-0.2, -0.15) is 0 Å². The van der Waals surface area contributed by atoms with E-state index in [1.54, 1.807) is 24.3 Å². The topological polar surface area (TPSA) is 98.7 Å². The summed E-state index contributed by atoms with van der Waals surface area (Å²) in [6.07, 6.45) is 0. The number of nitrogens with zero attached hydrogens (tertiary/aromatic N) is 1. The normalized spacial score (nSPS) is 10.7. The maximum Gasteiger partial charge on any atom is 0.335 e. The lowest BCUT2D eigenvalue weighted by molar-refractivity contribution is 0.0696. The Labute approximate surface area is 199 Å². The molecule has 2 amide bonds. The Hall–Kier alpha value is -3.97. The predicted molar refractivity (Wildman–Crippen MR) is 132 cm³/mol. The van der Waals surface area contributed by atoms with Crippen LogP contribution in [-0.2, 0) is 13.1 Å². The van der Waals surface area contributed by atoms with Crippen molar-refractivity contribution < 1.29 is 19.5 Å². The van der Waals surface area contributed by atoms with Crippen LogP contribution in [0.4, 0.5) is 5.69 Å². The lowest BCUT2D eigenvalue weighted by Gasteiger charge is -2.20. The van der Waals surface area contributed by atoms with Gasteiger partial charge in [-0.25, -0.2) is 4.79 Å². The summed E-state index contributed by atoms with van der Waals surface area (Å²) in [5.74, 6) is -1.81. The van der Waals surface area contributed by atoms with Crippen molar-refractivity contribution in [3.63, 3.8) is 0 Å². The van der Waals surface area contributed by atoms with E-state index < -0.39 is 11.9 Å². The number of hydrogen-bond donors (Lipinski definition) is 3.